The van der Waals surface area contributed by atoms with E-state index in [0.717, 1.165) is 22.6 Å². The molecule has 1 unspecified atom stereocenters. The third kappa shape index (κ3) is 4.46. The lowest BCUT2D eigenvalue weighted by Crippen LogP contribution is -2.26. The van der Waals surface area contributed by atoms with Gasteiger partial charge in [0.25, 0.3) is 5.91 Å². The predicted octanol–water partition coefficient (Wildman–Crippen LogP) is 5.45. The molecule has 2 aromatic heterocycles. The minimum Gasteiger partial charge on any atom is -0.485 e. The number of hydrogen-bond donors (Lipinski definition) is 1. The summed E-state index contributed by atoms with van der Waals surface area (Å²) in [5.41, 5.74) is 3.15. The van der Waals surface area contributed by atoms with Crippen molar-refractivity contribution in [2.75, 3.05) is 0 Å². The van der Waals surface area contributed by atoms with E-state index in [-0.39, 0.29) is 24.3 Å². The molecule has 0 radical (unpaired) electrons. The second kappa shape index (κ2) is 8.74. The number of para-hydroxylation sites is 1. The summed E-state index contributed by atoms with van der Waals surface area (Å²) in [4.78, 5) is 12.6. The van der Waals surface area contributed by atoms with Gasteiger partial charge in [-0.15, -0.1) is 0 Å². The first-order valence-corrected chi connectivity index (χ1v) is 9.91. The highest BCUT2D eigenvalue weighted by atomic mass is 16.5. The van der Waals surface area contributed by atoms with Crippen LogP contribution in [0.5, 0.6) is 5.75 Å². The van der Waals surface area contributed by atoms with E-state index in [1.807, 2.05) is 91.5 Å². The van der Waals surface area contributed by atoms with Gasteiger partial charge in [0.05, 0.1) is 6.04 Å². The van der Waals surface area contributed by atoms with E-state index in [0.29, 0.717) is 5.76 Å². The first-order chi connectivity index (χ1) is 14.6. The van der Waals surface area contributed by atoms with Crippen LogP contribution in [0.1, 0.15) is 40.4 Å². The van der Waals surface area contributed by atoms with Gasteiger partial charge in [-0.25, -0.2) is 0 Å². The number of hydrogen-bond acceptors (Lipinski definition) is 3. The largest absolute Gasteiger partial charge is 0.485 e. The van der Waals surface area contributed by atoms with Crippen molar-refractivity contribution in [1.82, 2.24) is 9.88 Å². The molecule has 5 nitrogen and oxygen atoms in total. The molecule has 30 heavy (non-hydrogen) atoms. The fraction of sp³-hybridized carbons (Fsp3) is 0.160. The second-order valence-corrected chi connectivity index (χ2v) is 7.20. The van der Waals surface area contributed by atoms with Gasteiger partial charge in [-0.2, -0.15) is 0 Å². The molecule has 0 aliphatic rings. The fourth-order valence-corrected chi connectivity index (χ4v) is 3.24. The Bertz CT molecular complexity index is 1110. The highest BCUT2D eigenvalue weighted by Crippen LogP contribution is 2.20. The zero-order chi connectivity index (χ0) is 20.9. The van der Waals surface area contributed by atoms with Gasteiger partial charge < -0.3 is 19.0 Å². The molecule has 0 fully saturated rings. The maximum Gasteiger partial charge on any atom is 0.287 e. The number of ether oxygens (including phenoxy) is 1. The van der Waals surface area contributed by atoms with E-state index in [1.54, 1.807) is 12.1 Å². The lowest BCUT2D eigenvalue weighted by atomic mass is 10.1. The second-order valence-electron chi connectivity index (χ2n) is 7.20. The number of aromatic nitrogens is 1. The number of rotatable bonds is 7. The molecule has 4 rings (SSSR count). The molecule has 0 bridgehead atoms. The van der Waals surface area contributed by atoms with Crippen molar-refractivity contribution in [3.05, 3.63) is 108 Å². The smallest absolute Gasteiger partial charge is 0.287 e. The molecular weight excluding hydrogens is 376 g/mol. The number of benzene rings is 2. The van der Waals surface area contributed by atoms with Gasteiger partial charge in [-0.1, -0.05) is 30.3 Å². The minimum absolute atomic E-state index is 0.145. The van der Waals surface area contributed by atoms with Crippen LogP contribution in [0.2, 0.25) is 0 Å². The van der Waals surface area contributed by atoms with Crippen LogP contribution in [0.3, 0.4) is 0 Å². The third-order valence-corrected chi connectivity index (χ3v) is 4.99. The Kier molecular flexibility index (Phi) is 5.70. The first kappa shape index (κ1) is 19.6. The predicted molar refractivity (Wildman–Crippen MR) is 116 cm³/mol. The summed E-state index contributed by atoms with van der Waals surface area (Å²) in [5, 5.41) is 2.98. The molecule has 2 aromatic carbocycles. The first-order valence-electron chi connectivity index (χ1n) is 9.91. The lowest BCUT2D eigenvalue weighted by molar-refractivity contribution is 0.0907. The van der Waals surface area contributed by atoms with Crippen LogP contribution < -0.4 is 10.1 Å². The van der Waals surface area contributed by atoms with Crippen LogP contribution in [-0.2, 0) is 6.61 Å². The van der Waals surface area contributed by atoms with Crippen molar-refractivity contribution >= 4 is 5.91 Å². The van der Waals surface area contributed by atoms with Crippen molar-refractivity contribution in [3.8, 4) is 11.4 Å². The van der Waals surface area contributed by atoms with Gasteiger partial charge in [0.15, 0.2) is 5.76 Å². The van der Waals surface area contributed by atoms with Crippen molar-refractivity contribution in [2.45, 2.75) is 26.5 Å². The number of amides is 1. The maximum absolute atomic E-state index is 12.6. The maximum atomic E-state index is 12.6. The zero-order valence-electron chi connectivity index (χ0n) is 17.0. The summed E-state index contributed by atoms with van der Waals surface area (Å²) in [7, 11) is 0. The Morgan fingerprint density at radius 2 is 1.73 bits per heavy atom. The lowest BCUT2D eigenvalue weighted by Gasteiger charge is -2.14. The average molecular weight is 400 g/mol. The molecule has 2 heterocycles. The summed E-state index contributed by atoms with van der Waals surface area (Å²) in [6.07, 6.45) is 4.00. The molecule has 0 saturated heterocycles. The zero-order valence-corrected chi connectivity index (χ0v) is 17.0. The number of nitrogens with zero attached hydrogens (tertiary/aromatic N) is 1. The molecule has 0 saturated carbocycles. The number of carbonyl (C=O) groups excluding carboxylic acids is 1. The van der Waals surface area contributed by atoms with Gasteiger partial charge in [0.1, 0.15) is 18.1 Å². The summed E-state index contributed by atoms with van der Waals surface area (Å²) in [5.74, 6) is 1.43. The molecular formula is C25H24N2O3. The van der Waals surface area contributed by atoms with Crippen LogP contribution in [0.15, 0.2) is 89.6 Å². The van der Waals surface area contributed by atoms with Gasteiger partial charge >= 0.3 is 0 Å². The minimum atomic E-state index is -0.251. The number of nitrogens with one attached hydrogen (secondary N) is 1. The van der Waals surface area contributed by atoms with Crippen LogP contribution in [0.4, 0.5) is 0 Å². The Balaban J connectivity index is 1.35. The van der Waals surface area contributed by atoms with Crippen LogP contribution in [0, 0.1) is 6.92 Å². The molecule has 1 amide bonds. The topological polar surface area (TPSA) is 56.4 Å². The van der Waals surface area contributed by atoms with E-state index < -0.39 is 0 Å². The molecule has 0 spiro atoms. The number of aryl methyl sites for hydroxylation is 1. The summed E-state index contributed by atoms with van der Waals surface area (Å²) in [6.45, 7) is 4.21. The highest BCUT2D eigenvalue weighted by Gasteiger charge is 2.15. The van der Waals surface area contributed by atoms with E-state index in [1.165, 1.54) is 0 Å². The van der Waals surface area contributed by atoms with Crippen LogP contribution in [0.25, 0.3) is 5.69 Å². The van der Waals surface area contributed by atoms with E-state index in [4.69, 9.17) is 9.15 Å². The monoisotopic (exact) mass is 400 g/mol. The highest BCUT2D eigenvalue weighted by molar-refractivity contribution is 5.91. The van der Waals surface area contributed by atoms with E-state index in [2.05, 4.69) is 5.32 Å². The van der Waals surface area contributed by atoms with Gasteiger partial charge in [-0.05, 0) is 67.4 Å². The quantitative estimate of drug-likeness (QED) is 0.449. The van der Waals surface area contributed by atoms with Crippen molar-refractivity contribution < 1.29 is 13.9 Å². The molecule has 152 valence electrons. The SMILES string of the molecule is Cc1ccccc1OCc1ccc(C(=O)NC(C)c2ccc(-n3cccc3)cc2)o1. The fourth-order valence-electron chi connectivity index (χ4n) is 3.24. The van der Waals surface area contributed by atoms with Gasteiger partial charge in [0.2, 0.25) is 0 Å². The normalized spacial score (nSPS) is 11.8. The molecule has 4 aromatic rings. The molecule has 5 heteroatoms. The molecule has 0 aliphatic heterocycles. The van der Waals surface area contributed by atoms with E-state index >= 15 is 0 Å². The Morgan fingerprint density at radius 3 is 2.47 bits per heavy atom. The molecule has 0 aliphatic carbocycles. The molecule has 1 atom stereocenters. The Morgan fingerprint density at radius 1 is 1.00 bits per heavy atom. The van der Waals surface area contributed by atoms with E-state index in [9.17, 15) is 4.79 Å². The van der Waals surface area contributed by atoms with Crippen molar-refractivity contribution in [1.29, 1.82) is 0 Å². The third-order valence-electron chi connectivity index (χ3n) is 4.99. The Hall–Kier alpha value is -3.73. The molecule has 1 N–H and O–H groups in total. The van der Waals surface area contributed by atoms with Gasteiger partial charge in [-0.3, -0.25) is 4.79 Å². The summed E-state index contributed by atoms with van der Waals surface area (Å²) >= 11 is 0. The van der Waals surface area contributed by atoms with Crippen LogP contribution in [-0.4, -0.2) is 10.5 Å². The van der Waals surface area contributed by atoms with Crippen LogP contribution >= 0.6 is 0 Å². The van der Waals surface area contributed by atoms with Crippen molar-refractivity contribution in [3.63, 3.8) is 0 Å². The standard InChI is InChI=1S/C25H24N2O3/c1-18-7-3-4-8-23(18)29-17-22-13-14-24(30-22)25(28)26-19(2)20-9-11-21(12-10-20)27-15-5-6-16-27/h3-16,19H,17H2,1-2H3,(H,26,28). The number of carbonyl (C=O) groups is 1. The number of furan rings is 1. The van der Waals surface area contributed by atoms with Gasteiger partial charge in [0, 0.05) is 18.1 Å². The summed E-state index contributed by atoms with van der Waals surface area (Å²) < 4.78 is 13.5. The average Bonchev–Trinajstić information content (AvgIpc) is 3.46. The van der Waals surface area contributed by atoms with Crippen molar-refractivity contribution in [2.24, 2.45) is 0 Å². The summed E-state index contributed by atoms with van der Waals surface area (Å²) in [6, 6.07) is 23.2. The Labute approximate surface area is 175 Å².